The molecule has 0 unspecified atom stereocenters. The molecule has 1 atom stereocenters. The van der Waals surface area contributed by atoms with Gasteiger partial charge < -0.3 is 14.8 Å². The van der Waals surface area contributed by atoms with E-state index in [0.717, 1.165) is 19.1 Å². The molecule has 0 aromatic carbocycles. The Bertz CT molecular complexity index is 482. The summed E-state index contributed by atoms with van der Waals surface area (Å²) in [5.41, 5.74) is -0.714. The Hall–Kier alpha value is -1.35. The lowest BCUT2D eigenvalue weighted by Gasteiger charge is -2.23. The first-order valence-corrected chi connectivity index (χ1v) is 9.24. The second-order valence-electron chi connectivity index (χ2n) is 6.11. The first-order valence-electron chi connectivity index (χ1n) is 7.42. The summed E-state index contributed by atoms with van der Waals surface area (Å²) in [7, 11) is -3.69. The fourth-order valence-electron chi connectivity index (χ4n) is 1.42. The van der Waals surface area contributed by atoms with Crippen LogP contribution in [0.15, 0.2) is 0 Å². The minimum atomic E-state index is -3.69. The summed E-state index contributed by atoms with van der Waals surface area (Å²) >= 11 is 0. The highest BCUT2D eigenvalue weighted by atomic mass is 32.2. The second kappa shape index (κ2) is 9.71. The van der Waals surface area contributed by atoms with Crippen LogP contribution in [0, 0.1) is 0 Å². The predicted octanol–water partition coefficient (Wildman–Crippen LogP) is 1.59. The van der Waals surface area contributed by atoms with E-state index in [4.69, 9.17) is 9.47 Å². The zero-order valence-corrected chi connectivity index (χ0v) is 15.2. The molecule has 0 aliphatic heterocycles. The van der Waals surface area contributed by atoms with Gasteiger partial charge in [-0.2, -0.15) is 8.42 Å². The number of alkyl carbamates (subject to hydrolysis) is 1. The van der Waals surface area contributed by atoms with Gasteiger partial charge in [-0.3, -0.25) is 8.98 Å². The number of unbranched alkanes of at least 4 members (excludes halogenated alkanes) is 1. The van der Waals surface area contributed by atoms with Gasteiger partial charge in [0.2, 0.25) is 0 Å². The van der Waals surface area contributed by atoms with Crippen LogP contribution in [-0.2, 0) is 28.6 Å². The molecule has 0 aromatic rings. The monoisotopic (exact) mass is 353 g/mol. The maximum Gasteiger partial charge on any atom is 0.407 e. The van der Waals surface area contributed by atoms with Crippen LogP contribution >= 0.6 is 0 Å². The largest absolute Gasteiger partial charge is 0.466 e. The van der Waals surface area contributed by atoms with Gasteiger partial charge in [-0.1, -0.05) is 13.3 Å². The Morgan fingerprint density at radius 1 is 1.22 bits per heavy atom. The average molecular weight is 353 g/mol. The van der Waals surface area contributed by atoms with E-state index in [-0.39, 0.29) is 19.6 Å². The van der Waals surface area contributed by atoms with Crippen LogP contribution in [0.1, 0.15) is 47.0 Å². The number of hydrogen-bond acceptors (Lipinski definition) is 7. The number of amides is 1. The molecule has 23 heavy (non-hydrogen) atoms. The molecule has 9 heteroatoms. The van der Waals surface area contributed by atoms with Crippen LogP contribution in [0.2, 0.25) is 0 Å². The van der Waals surface area contributed by atoms with E-state index in [1.165, 1.54) is 0 Å². The summed E-state index contributed by atoms with van der Waals surface area (Å²) in [6.07, 6.45) is 1.52. The van der Waals surface area contributed by atoms with Crippen molar-refractivity contribution in [2.24, 2.45) is 0 Å². The van der Waals surface area contributed by atoms with Gasteiger partial charge in [0, 0.05) is 0 Å². The highest BCUT2D eigenvalue weighted by Crippen LogP contribution is 2.08. The lowest BCUT2D eigenvalue weighted by Crippen LogP contribution is -2.43. The molecule has 0 aliphatic carbocycles. The van der Waals surface area contributed by atoms with E-state index in [1.54, 1.807) is 20.8 Å². The van der Waals surface area contributed by atoms with Gasteiger partial charge in [0.1, 0.15) is 5.60 Å². The van der Waals surface area contributed by atoms with Crippen molar-refractivity contribution in [1.82, 2.24) is 5.32 Å². The quantitative estimate of drug-likeness (QED) is 0.381. The number of ether oxygens (including phenoxy) is 2. The number of carbonyl (C=O) groups excluding carboxylic acids is 2. The van der Waals surface area contributed by atoms with Crippen LogP contribution in [-0.4, -0.2) is 51.6 Å². The van der Waals surface area contributed by atoms with E-state index in [0.29, 0.717) is 0 Å². The van der Waals surface area contributed by atoms with E-state index < -0.39 is 33.8 Å². The van der Waals surface area contributed by atoms with E-state index in [9.17, 15) is 18.0 Å². The van der Waals surface area contributed by atoms with Crippen LogP contribution in [0.3, 0.4) is 0 Å². The van der Waals surface area contributed by atoms with E-state index in [2.05, 4.69) is 9.50 Å². The zero-order chi connectivity index (χ0) is 18.1. The number of rotatable bonds is 9. The average Bonchev–Trinajstić information content (AvgIpc) is 2.33. The molecule has 0 saturated carbocycles. The summed E-state index contributed by atoms with van der Waals surface area (Å²) in [4.78, 5) is 23.4. The smallest absolute Gasteiger partial charge is 0.407 e. The van der Waals surface area contributed by atoms with Crippen LogP contribution in [0.5, 0.6) is 0 Å². The standard InChI is InChI=1S/C14H27NO7S/c1-6-7-8-20-12(16)9-11(10-21-23(5,18)19)15-13(17)22-14(2,3)4/h11H,6-10H2,1-5H3,(H,15,17)/t11-/m1/s1. The van der Waals surface area contributed by atoms with Crippen molar-refractivity contribution in [3.63, 3.8) is 0 Å². The number of esters is 1. The van der Waals surface area contributed by atoms with Crippen LogP contribution < -0.4 is 5.32 Å². The van der Waals surface area contributed by atoms with Gasteiger partial charge >= 0.3 is 12.1 Å². The molecule has 8 nitrogen and oxygen atoms in total. The Morgan fingerprint density at radius 2 is 1.83 bits per heavy atom. The molecule has 0 radical (unpaired) electrons. The molecule has 136 valence electrons. The zero-order valence-electron chi connectivity index (χ0n) is 14.4. The molecule has 0 heterocycles. The number of carbonyl (C=O) groups is 2. The van der Waals surface area contributed by atoms with Crippen LogP contribution in [0.25, 0.3) is 0 Å². The molecule has 0 rings (SSSR count). The first-order chi connectivity index (χ1) is 10.4. The molecule has 0 spiro atoms. The molecular formula is C14H27NO7S. The molecule has 0 aliphatic rings. The summed E-state index contributed by atoms with van der Waals surface area (Å²) in [5, 5.41) is 2.42. The lowest BCUT2D eigenvalue weighted by atomic mass is 10.2. The van der Waals surface area contributed by atoms with Crippen molar-refractivity contribution in [2.45, 2.75) is 58.6 Å². The van der Waals surface area contributed by atoms with Gasteiger partial charge in [-0.05, 0) is 27.2 Å². The fourth-order valence-corrected chi connectivity index (χ4v) is 1.83. The van der Waals surface area contributed by atoms with Gasteiger partial charge in [0.05, 0.1) is 31.9 Å². The number of hydrogen-bond donors (Lipinski definition) is 1. The Labute approximate surface area is 138 Å². The lowest BCUT2D eigenvalue weighted by molar-refractivity contribution is -0.144. The van der Waals surface area contributed by atoms with Gasteiger partial charge in [0.25, 0.3) is 10.1 Å². The Balaban J connectivity index is 4.61. The third-order valence-electron chi connectivity index (χ3n) is 2.38. The summed E-state index contributed by atoms with van der Waals surface area (Å²) in [5.74, 6) is -0.545. The second-order valence-corrected chi connectivity index (χ2v) is 7.75. The van der Waals surface area contributed by atoms with Crippen molar-refractivity contribution >= 4 is 22.2 Å². The predicted molar refractivity (Wildman–Crippen MR) is 84.4 cm³/mol. The molecule has 1 amide bonds. The van der Waals surface area contributed by atoms with Gasteiger partial charge in [-0.25, -0.2) is 4.79 Å². The highest BCUT2D eigenvalue weighted by Gasteiger charge is 2.23. The SMILES string of the molecule is CCCCOC(=O)C[C@H](COS(C)(=O)=O)NC(=O)OC(C)(C)C. The minimum Gasteiger partial charge on any atom is -0.466 e. The normalized spacial score (nSPS) is 13.3. The van der Waals surface area contributed by atoms with Crippen molar-refractivity contribution in [1.29, 1.82) is 0 Å². The van der Waals surface area contributed by atoms with Crippen molar-refractivity contribution < 1.29 is 31.7 Å². The van der Waals surface area contributed by atoms with Crippen molar-refractivity contribution in [2.75, 3.05) is 19.5 Å². The summed E-state index contributed by atoms with van der Waals surface area (Å²) in [6, 6.07) is -0.867. The Kier molecular flexibility index (Phi) is 9.14. The van der Waals surface area contributed by atoms with Gasteiger partial charge in [0.15, 0.2) is 0 Å². The minimum absolute atomic E-state index is 0.210. The molecule has 1 N–H and O–H groups in total. The van der Waals surface area contributed by atoms with Crippen molar-refractivity contribution in [3.05, 3.63) is 0 Å². The molecular weight excluding hydrogens is 326 g/mol. The summed E-state index contributed by atoms with van der Waals surface area (Å²) in [6.45, 7) is 6.93. The van der Waals surface area contributed by atoms with E-state index in [1.807, 2.05) is 6.92 Å². The van der Waals surface area contributed by atoms with Crippen molar-refractivity contribution in [3.8, 4) is 0 Å². The molecule has 0 saturated heterocycles. The highest BCUT2D eigenvalue weighted by molar-refractivity contribution is 7.85. The maximum absolute atomic E-state index is 11.7. The number of nitrogens with one attached hydrogen (secondary N) is 1. The van der Waals surface area contributed by atoms with E-state index >= 15 is 0 Å². The third kappa shape index (κ3) is 14.0. The molecule has 0 aromatic heterocycles. The Morgan fingerprint density at radius 3 is 2.30 bits per heavy atom. The fraction of sp³-hybridized carbons (Fsp3) is 0.857. The third-order valence-corrected chi connectivity index (χ3v) is 2.94. The van der Waals surface area contributed by atoms with Gasteiger partial charge in [-0.15, -0.1) is 0 Å². The first kappa shape index (κ1) is 21.6. The molecule has 0 fully saturated rings. The topological polar surface area (TPSA) is 108 Å². The maximum atomic E-state index is 11.7. The molecule has 0 bridgehead atoms. The summed E-state index contributed by atoms with van der Waals surface area (Å²) < 4.78 is 36.8. The van der Waals surface area contributed by atoms with Crippen LogP contribution in [0.4, 0.5) is 4.79 Å².